The molecule has 2 fully saturated rings. The fourth-order valence-electron chi connectivity index (χ4n) is 3.74. The molecule has 2 aliphatic rings. The lowest BCUT2D eigenvalue weighted by Crippen LogP contribution is -2.52. The maximum atomic E-state index is 13.0. The first-order valence-corrected chi connectivity index (χ1v) is 7.56. The number of halogens is 2. The van der Waals surface area contributed by atoms with Gasteiger partial charge in [0.25, 0.3) is 0 Å². The molecular formula is C14H17F2N5O. The highest BCUT2D eigenvalue weighted by molar-refractivity contribution is 5.17. The molecule has 118 valence electrons. The molecular weight excluding hydrogens is 292 g/mol. The van der Waals surface area contributed by atoms with Gasteiger partial charge in [0.2, 0.25) is 17.7 Å². The third-order valence-corrected chi connectivity index (χ3v) is 4.71. The van der Waals surface area contributed by atoms with Gasteiger partial charge in [-0.15, -0.1) is 15.3 Å². The Morgan fingerprint density at radius 1 is 1.23 bits per heavy atom. The highest BCUT2D eigenvalue weighted by Gasteiger charge is 2.62. The Bertz CT molecular complexity index is 679. The maximum Gasteiger partial charge on any atom is 0.249 e. The van der Waals surface area contributed by atoms with Gasteiger partial charge < -0.3 is 4.42 Å². The van der Waals surface area contributed by atoms with Crippen molar-refractivity contribution < 1.29 is 13.2 Å². The number of nitrogens with zero attached hydrogens (tertiary/aromatic N) is 5. The second-order valence-electron chi connectivity index (χ2n) is 6.60. The first kappa shape index (κ1) is 13.8. The summed E-state index contributed by atoms with van der Waals surface area (Å²) in [5, 5.41) is 16.1. The van der Waals surface area contributed by atoms with E-state index in [-0.39, 0.29) is 24.2 Å². The van der Waals surface area contributed by atoms with E-state index in [1.54, 1.807) is 4.68 Å². The summed E-state index contributed by atoms with van der Waals surface area (Å²) in [6, 6.07) is 0. The van der Waals surface area contributed by atoms with Crippen LogP contribution in [0.15, 0.2) is 10.6 Å². The number of rotatable bonds is 4. The zero-order valence-electron chi connectivity index (χ0n) is 12.3. The summed E-state index contributed by atoms with van der Waals surface area (Å²) < 4.78 is 33.1. The molecule has 1 spiro atoms. The van der Waals surface area contributed by atoms with Crippen LogP contribution in [0.25, 0.3) is 0 Å². The lowest BCUT2D eigenvalue weighted by Gasteiger charge is -2.56. The summed E-state index contributed by atoms with van der Waals surface area (Å²) in [7, 11) is 0. The minimum atomic E-state index is -2.45. The zero-order valence-corrected chi connectivity index (χ0v) is 12.3. The third kappa shape index (κ3) is 2.30. The van der Waals surface area contributed by atoms with Crippen molar-refractivity contribution in [2.75, 3.05) is 0 Å². The lowest BCUT2D eigenvalue weighted by atomic mass is 9.50. The molecule has 0 aliphatic heterocycles. The summed E-state index contributed by atoms with van der Waals surface area (Å²) in [6.07, 6.45) is 4.21. The molecule has 2 aromatic rings. The number of aromatic nitrogens is 5. The molecule has 0 atom stereocenters. The number of hydrogen-bond donors (Lipinski definition) is 0. The highest BCUT2D eigenvalue weighted by atomic mass is 19.3. The van der Waals surface area contributed by atoms with Crippen molar-refractivity contribution in [1.29, 1.82) is 0 Å². The van der Waals surface area contributed by atoms with Crippen molar-refractivity contribution >= 4 is 0 Å². The summed E-state index contributed by atoms with van der Waals surface area (Å²) in [5.74, 6) is -1.10. The molecule has 0 bridgehead atoms. The molecule has 2 saturated carbocycles. The first-order valence-electron chi connectivity index (χ1n) is 7.56. The van der Waals surface area contributed by atoms with E-state index in [1.807, 2.05) is 13.1 Å². The average molecular weight is 309 g/mol. The topological polar surface area (TPSA) is 69.6 Å². The van der Waals surface area contributed by atoms with E-state index >= 15 is 0 Å². The van der Waals surface area contributed by atoms with Crippen LogP contribution in [0.2, 0.25) is 0 Å². The average Bonchev–Trinajstić information content (AvgIpc) is 3.02. The van der Waals surface area contributed by atoms with Gasteiger partial charge in [-0.05, 0) is 18.3 Å². The predicted octanol–water partition coefficient (Wildman–Crippen LogP) is 2.56. The fraction of sp³-hybridized carbons (Fsp3) is 0.714. The van der Waals surface area contributed by atoms with Crippen molar-refractivity contribution in [2.24, 2.45) is 5.41 Å². The molecule has 0 radical (unpaired) electrons. The second kappa shape index (κ2) is 4.57. The Balaban J connectivity index is 1.37. The Hall–Kier alpha value is -1.86. The number of aryl methyl sites for hydroxylation is 1. The number of alkyl halides is 2. The van der Waals surface area contributed by atoms with Crippen LogP contribution in [-0.2, 0) is 13.0 Å². The van der Waals surface area contributed by atoms with Gasteiger partial charge in [0.15, 0.2) is 0 Å². The maximum absolute atomic E-state index is 13.0. The van der Waals surface area contributed by atoms with E-state index in [2.05, 4.69) is 20.5 Å². The summed E-state index contributed by atoms with van der Waals surface area (Å²) in [6.45, 7) is 2.33. The molecule has 6 nitrogen and oxygen atoms in total. The standard InChI is InChI=1S/C14H17F2N5O/c1-2-11-18-19-12(22-11)6-21-5-10(17-20-21)9-3-13(4-9)7-14(15,16)8-13/h5,9H,2-4,6-8H2,1H3. The van der Waals surface area contributed by atoms with E-state index in [1.165, 1.54) is 0 Å². The highest BCUT2D eigenvalue weighted by Crippen LogP contribution is 2.66. The first-order chi connectivity index (χ1) is 10.5. The van der Waals surface area contributed by atoms with Gasteiger partial charge >= 0.3 is 0 Å². The van der Waals surface area contributed by atoms with Crippen LogP contribution in [0.1, 0.15) is 56.0 Å². The van der Waals surface area contributed by atoms with E-state index in [4.69, 9.17) is 4.42 Å². The van der Waals surface area contributed by atoms with Crippen molar-refractivity contribution in [2.45, 2.75) is 57.4 Å². The fourth-order valence-corrected chi connectivity index (χ4v) is 3.74. The quantitative estimate of drug-likeness (QED) is 0.868. The van der Waals surface area contributed by atoms with Gasteiger partial charge in [0.1, 0.15) is 6.54 Å². The van der Waals surface area contributed by atoms with E-state index in [9.17, 15) is 8.78 Å². The van der Waals surface area contributed by atoms with Crippen molar-refractivity contribution in [1.82, 2.24) is 25.2 Å². The van der Waals surface area contributed by atoms with Gasteiger partial charge in [-0.25, -0.2) is 13.5 Å². The van der Waals surface area contributed by atoms with E-state index in [0.29, 0.717) is 24.7 Å². The van der Waals surface area contributed by atoms with Crippen LogP contribution in [0.4, 0.5) is 8.78 Å². The van der Waals surface area contributed by atoms with E-state index in [0.717, 1.165) is 18.5 Å². The molecule has 8 heteroatoms. The van der Waals surface area contributed by atoms with Crippen LogP contribution < -0.4 is 0 Å². The molecule has 2 aromatic heterocycles. The van der Waals surface area contributed by atoms with Gasteiger partial charge in [-0.2, -0.15) is 0 Å². The normalized spacial score (nSPS) is 22.5. The summed E-state index contributed by atoms with van der Waals surface area (Å²) in [4.78, 5) is 0. The molecule has 2 aliphatic carbocycles. The van der Waals surface area contributed by atoms with Crippen LogP contribution in [0.3, 0.4) is 0 Å². The molecule has 0 unspecified atom stereocenters. The van der Waals surface area contributed by atoms with Crippen molar-refractivity contribution in [3.63, 3.8) is 0 Å². The molecule has 2 heterocycles. The molecule has 0 saturated heterocycles. The van der Waals surface area contributed by atoms with Crippen LogP contribution in [-0.4, -0.2) is 31.1 Å². The molecule has 22 heavy (non-hydrogen) atoms. The van der Waals surface area contributed by atoms with Crippen molar-refractivity contribution in [3.8, 4) is 0 Å². The Morgan fingerprint density at radius 3 is 2.59 bits per heavy atom. The largest absolute Gasteiger partial charge is 0.423 e. The molecule has 4 rings (SSSR count). The SMILES string of the molecule is CCc1nnc(Cn2cc(C3CC4(C3)CC(F)(F)C4)nn2)o1. The minimum absolute atomic E-state index is 0.0341. The monoisotopic (exact) mass is 309 g/mol. The smallest absolute Gasteiger partial charge is 0.249 e. The Kier molecular flexibility index (Phi) is 2.86. The third-order valence-electron chi connectivity index (χ3n) is 4.71. The van der Waals surface area contributed by atoms with Crippen LogP contribution in [0, 0.1) is 5.41 Å². The van der Waals surface area contributed by atoms with Gasteiger partial charge in [-0.1, -0.05) is 12.1 Å². The Morgan fingerprint density at radius 2 is 1.95 bits per heavy atom. The van der Waals surface area contributed by atoms with E-state index < -0.39 is 5.92 Å². The molecule has 0 N–H and O–H groups in total. The summed E-state index contributed by atoms with van der Waals surface area (Å²) >= 11 is 0. The van der Waals surface area contributed by atoms with Crippen molar-refractivity contribution in [3.05, 3.63) is 23.7 Å². The van der Waals surface area contributed by atoms with Gasteiger partial charge in [0, 0.05) is 31.4 Å². The lowest BCUT2D eigenvalue weighted by molar-refractivity contribution is -0.196. The minimum Gasteiger partial charge on any atom is -0.423 e. The molecule has 0 aromatic carbocycles. The predicted molar refractivity (Wildman–Crippen MR) is 71.4 cm³/mol. The van der Waals surface area contributed by atoms with Gasteiger partial charge in [-0.3, -0.25) is 0 Å². The summed E-state index contributed by atoms with van der Waals surface area (Å²) in [5.41, 5.74) is 0.733. The number of hydrogen-bond acceptors (Lipinski definition) is 5. The van der Waals surface area contributed by atoms with Crippen LogP contribution in [0.5, 0.6) is 0 Å². The Labute approximate surface area is 125 Å². The second-order valence-corrected chi connectivity index (χ2v) is 6.60. The molecule has 0 amide bonds. The van der Waals surface area contributed by atoms with Crippen LogP contribution >= 0.6 is 0 Å². The van der Waals surface area contributed by atoms with Gasteiger partial charge in [0.05, 0.1) is 5.69 Å². The zero-order chi connectivity index (χ0) is 15.4.